The average Bonchev–Trinajstić information content (AvgIpc) is 2.60. The lowest BCUT2D eigenvalue weighted by Crippen LogP contribution is -2.48. The van der Waals surface area contributed by atoms with Gasteiger partial charge in [0.25, 0.3) is 0 Å². The van der Waals surface area contributed by atoms with Crippen molar-refractivity contribution in [1.82, 2.24) is 5.32 Å². The summed E-state index contributed by atoms with van der Waals surface area (Å²) in [6.07, 6.45) is 2.70. The van der Waals surface area contributed by atoms with Crippen LogP contribution in [0, 0.1) is 11.8 Å². The summed E-state index contributed by atoms with van der Waals surface area (Å²) in [5.41, 5.74) is 0.352. The summed E-state index contributed by atoms with van der Waals surface area (Å²) in [5.74, 6) is -1.31. The second-order valence-electron chi connectivity index (χ2n) is 8.73. The zero-order valence-electron chi connectivity index (χ0n) is 17.1. The number of carbonyl (C=O) groups is 2. The maximum Gasteiger partial charge on any atom is 0.407 e. The van der Waals surface area contributed by atoms with E-state index in [-0.39, 0.29) is 5.92 Å². The average molecular weight is 392 g/mol. The molecule has 1 aliphatic carbocycles. The van der Waals surface area contributed by atoms with Crippen LogP contribution in [0.25, 0.3) is 0 Å². The van der Waals surface area contributed by atoms with Crippen LogP contribution in [0.5, 0.6) is 0 Å². The van der Waals surface area contributed by atoms with Crippen molar-refractivity contribution in [3.8, 4) is 0 Å². The Hall–Kier alpha value is -2.08. The molecule has 4 atom stereocenters. The number of rotatable bonds is 7. The van der Waals surface area contributed by atoms with Gasteiger partial charge in [0.1, 0.15) is 5.60 Å². The molecule has 0 spiro atoms. The molecular weight excluding hydrogens is 358 g/mol. The van der Waals surface area contributed by atoms with E-state index in [9.17, 15) is 19.8 Å². The molecule has 1 aliphatic rings. The van der Waals surface area contributed by atoms with E-state index in [1.165, 1.54) is 0 Å². The van der Waals surface area contributed by atoms with E-state index in [0.29, 0.717) is 19.3 Å². The summed E-state index contributed by atoms with van der Waals surface area (Å²) >= 11 is 0. The Bertz CT molecular complexity index is 640. The normalized spacial score (nSPS) is 22.1. The van der Waals surface area contributed by atoms with Crippen LogP contribution >= 0.6 is 0 Å². The summed E-state index contributed by atoms with van der Waals surface area (Å²) in [4.78, 5) is 23.9. The van der Waals surface area contributed by atoms with Crippen LogP contribution in [0.1, 0.15) is 58.4 Å². The van der Waals surface area contributed by atoms with Crippen LogP contribution in [-0.2, 0) is 16.0 Å². The van der Waals surface area contributed by atoms with Gasteiger partial charge in [0.05, 0.1) is 18.1 Å². The van der Waals surface area contributed by atoms with Crippen molar-refractivity contribution in [3.63, 3.8) is 0 Å². The van der Waals surface area contributed by atoms with E-state index in [2.05, 4.69) is 5.32 Å². The number of hydrogen-bond donors (Lipinski definition) is 3. The molecule has 0 radical (unpaired) electrons. The summed E-state index contributed by atoms with van der Waals surface area (Å²) in [5, 5.41) is 23.2. The highest BCUT2D eigenvalue weighted by Crippen LogP contribution is 2.34. The largest absolute Gasteiger partial charge is 0.481 e. The van der Waals surface area contributed by atoms with Crippen LogP contribution in [0.3, 0.4) is 0 Å². The molecule has 6 nitrogen and oxygen atoms in total. The number of carbonyl (C=O) groups excluding carboxylic acids is 1. The number of aliphatic hydroxyl groups is 1. The standard InChI is InChI=1S/C22H33NO5/c1-22(2,3)28-21(27)23-18(13-15-9-5-4-6-10-15)19(24)14-16-11-7-8-12-17(16)20(25)26/h4-6,9-10,16-19,24H,7-8,11-14H2,1-3H3,(H,23,27)(H,25,26)/t16-,17+,18-,19+/m0/s1. The lowest BCUT2D eigenvalue weighted by molar-refractivity contribution is -0.145. The first kappa shape index (κ1) is 22.2. The Morgan fingerprint density at radius 1 is 1.18 bits per heavy atom. The van der Waals surface area contributed by atoms with Gasteiger partial charge in [-0.05, 0) is 57.9 Å². The predicted molar refractivity (Wildman–Crippen MR) is 107 cm³/mol. The van der Waals surface area contributed by atoms with Gasteiger partial charge in [0.2, 0.25) is 0 Å². The number of aliphatic carboxylic acids is 1. The zero-order valence-corrected chi connectivity index (χ0v) is 17.1. The molecule has 1 fully saturated rings. The molecule has 1 aromatic rings. The Balaban J connectivity index is 2.09. The zero-order chi connectivity index (χ0) is 20.7. The number of alkyl carbamates (subject to hydrolysis) is 1. The fourth-order valence-electron chi connectivity index (χ4n) is 3.90. The topological polar surface area (TPSA) is 95.9 Å². The molecule has 2 rings (SSSR count). The molecule has 156 valence electrons. The highest BCUT2D eigenvalue weighted by molar-refractivity contribution is 5.70. The van der Waals surface area contributed by atoms with Gasteiger partial charge in [0, 0.05) is 0 Å². The molecule has 1 saturated carbocycles. The Morgan fingerprint density at radius 3 is 2.43 bits per heavy atom. The summed E-state index contributed by atoms with van der Waals surface area (Å²) < 4.78 is 5.35. The fraction of sp³-hybridized carbons (Fsp3) is 0.636. The van der Waals surface area contributed by atoms with Crippen LogP contribution in [0.2, 0.25) is 0 Å². The molecule has 1 aromatic carbocycles. The molecule has 0 unspecified atom stereocenters. The smallest absolute Gasteiger partial charge is 0.407 e. The number of amides is 1. The Kier molecular flexibility index (Phi) is 7.87. The second kappa shape index (κ2) is 9.92. The summed E-state index contributed by atoms with van der Waals surface area (Å²) in [6, 6.07) is 9.07. The van der Waals surface area contributed by atoms with E-state index < -0.39 is 35.7 Å². The molecular formula is C22H33NO5. The number of ether oxygens (including phenoxy) is 1. The van der Waals surface area contributed by atoms with Crippen LogP contribution in [0.4, 0.5) is 4.79 Å². The van der Waals surface area contributed by atoms with Crippen LogP contribution in [0.15, 0.2) is 30.3 Å². The highest BCUT2D eigenvalue weighted by Gasteiger charge is 2.34. The van der Waals surface area contributed by atoms with Gasteiger partial charge in [-0.1, -0.05) is 43.2 Å². The van der Waals surface area contributed by atoms with Gasteiger partial charge < -0.3 is 20.3 Å². The third-order valence-electron chi connectivity index (χ3n) is 5.24. The monoisotopic (exact) mass is 391 g/mol. The number of aliphatic hydroxyl groups excluding tert-OH is 1. The van der Waals surface area contributed by atoms with Crippen molar-refractivity contribution in [1.29, 1.82) is 0 Å². The molecule has 6 heteroatoms. The number of carboxylic acids is 1. The predicted octanol–water partition coefficient (Wildman–Crippen LogP) is 3.76. The highest BCUT2D eigenvalue weighted by atomic mass is 16.6. The minimum absolute atomic E-state index is 0.0834. The SMILES string of the molecule is CC(C)(C)OC(=O)N[C@@H](Cc1ccccc1)[C@H](O)C[C@@H]1CCCC[C@H]1C(=O)O. The molecule has 1 amide bonds. The van der Waals surface area contributed by atoms with Crippen molar-refractivity contribution in [3.05, 3.63) is 35.9 Å². The van der Waals surface area contributed by atoms with Gasteiger partial charge in [-0.2, -0.15) is 0 Å². The number of hydrogen-bond acceptors (Lipinski definition) is 4. The first-order valence-corrected chi connectivity index (χ1v) is 10.1. The minimum Gasteiger partial charge on any atom is -0.481 e. The first-order valence-electron chi connectivity index (χ1n) is 10.1. The van der Waals surface area contributed by atoms with Crippen LogP contribution < -0.4 is 5.32 Å². The number of benzene rings is 1. The van der Waals surface area contributed by atoms with Gasteiger partial charge >= 0.3 is 12.1 Å². The van der Waals surface area contributed by atoms with Crippen molar-refractivity contribution in [2.75, 3.05) is 0 Å². The van der Waals surface area contributed by atoms with E-state index in [1.807, 2.05) is 30.3 Å². The van der Waals surface area contributed by atoms with E-state index >= 15 is 0 Å². The molecule has 0 bridgehead atoms. The molecule has 0 aliphatic heterocycles. The van der Waals surface area contributed by atoms with E-state index in [4.69, 9.17) is 4.74 Å². The Morgan fingerprint density at radius 2 is 1.82 bits per heavy atom. The first-order chi connectivity index (χ1) is 13.2. The van der Waals surface area contributed by atoms with Crippen LogP contribution in [-0.4, -0.2) is 40.0 Å². The maximum absolute atomic E-state index is 12.3. The fourth-order valence-corrected chi connectivity index (χ4v) is 3.90. The Labute approximate surface area is 167 Å². The van der Waals surface area contributed by atoms with Crippen molar-refractivity contribution < 1.29 is 24.5 Å². The van der Waals surface area contributed by atoms with Crippen molar-refractivity contribution in [2.24, 2.45) is 11.8 Å². The van der Waals surface area contributed by atoms with Gasteiger partial charge in [-0.15, -0.1) is 0 Å². The van der Waals surface area contributed by atoms with Gasteiger partial charge in [-0.3, -0.25) is 4.79 Å². The van der Waals surface area contributed by atoms with Crippen molar-refractivity contribution >= 4 is 12.1 Å². The number of carboxylic acid groups (broad SMARTS) is 1. The van der Waals surface area contributed by atoms with Gasteiger partial charge in [-0.25, -0.2) is 4.79 Å². The minimum atomic E-state index is -0.849. The molecule has 0 aromatic heterocycles. The number of nitrogens with one attached hydrogen (secondary N) is 1. The third-order valence-corrected chi connectivity index (χ3v) is 5.24. The molecule has 0 heterocycles. The van der Waals surface area contributed by atoms with E-state index in [0.717, 1.165) is 24.8 Å². The lowest BCUT2D eigenvalue weighted by Gasteiger charge is -2.33. The molecule has 3 N–H and O–H groups in total. The molecule has 28 heavy (non-hydrogen) atoms. The second-order valence-corrected chi connectivity index (χ2v) is 8.73. The lowest BCUT2D eigenvalue weighted by atomic mass is 9.75. The molecule has 0 saturated heterocycles. The quantitative estimate of drug-likeness (QED) is 0.658. The van der Waals surface area contributed by atoms with Crippen molar-refractivity contribution in [2.45, 2.75) is 77.0 Å². The van der Waals surface area contributed by atoms with E-state index in [1.54, 1.807) is 20.8 Å². The summed E-state index contributed by atoms with van der Waals surface area (Å²) in [6.45, 7) is 5.36. The summed E-state index contributed by atoms with van der Waals surface area (Å²) in [7, 11) is 0. The third kappa shape index (κ3) is 7.15. The van der Waals surface area contributed by atoms with Gasteiger partial charge in [0.15, 0.2) is 0 Å². The maximum atomic E-state index is 12.3.